The van der Waals surface area contributed by atoms with Crippen molar-refractivity contribution in [2.75, 3.05) is 42.7 Å². The van der Waals surface area contributed by atoms with Crippen molar-refractivity contribution in [1.82, 2.24) is 0 Å². The van der Waals surface area contributed by atoms with Gasteiger partial charge >= 0.3 is 132 Å². The standard InChI is InChI=1S/C18H20O5.C18H18O5.C15H12O5.CH2O3.3CH4.B.2K.Na.2H/c2*1-20-12-6-4-11(5-7-12)15-10-14(19)18-16(22-3)8-13(21-2)9-17(18)23-15;16-9-3-1-8(2-4-9)13-7-12(19)15-11(18)5-10(17)6-14(15)20-13;2-1-4-3;;;;;;;;;/h4-9,14-15,19H,10H2,1-3H3;4-9,15H,10H2,1-3H3;1-6,13,16-18H,7H2;1,3H;3*1H4;;;;;;/q;;;;;;;;3*+1;2*-1/p-1/t14?,15-;;;;;;;;;;;;/m0............/s1. The van der Waals surface area contributed by atoms with Gasteiger partial charge in [-0.3, -0.25) is 14.4 Å². The number of phenolic OH excluding ortho intramolecular Hbond substituents is 3. The maximum Gasteiger partial charge on any atom is 1.00 e. The van der Waals surface area contributed by atoms with Gasteiger partial charge in [-0.15, -0.1) is 0 Å². The monoisotopic (exact) mass is 1130 g/mol. The summed E-state index contributed by atoms with van der Waals surface area (Å²) in [5, 5.41) is 47.4. The summed E-state index contributed by atoms with van der Waals surface area (Å²) < 4.78 is 49.3. The van der Waals surface area contributed by atoms with E-state index in [-0.39, 0.29) is 238 Å². The summed E-state index contributed by atoms with van der Waals surface area (Å²) in [5.41, 5.74) is 3.88. The van der Waals surface area contributed by atoms with Crippen molar-refractivity contribution < 1.29 is 223 Å². The fraction of sp³-hybridized carbons (Fsp3) is 0.291. The first kappa shape index (κ1) is 75.1. The predicted octanol–water partition coefficient (Wildman–Crippen LogP) is 0.398. The molecule has 0 saturated carbocycles. The van der Waals surface area contributed by atoms with Crippen molar-refractivity contribution in [3.05, 3.63) is 143 Å². The minimum absolute atomic E-state index is 0. The molecule has 4 N–H and O–H groups in total. The number of fused-ring (bicyclic) bond motifs is 3. The first-order valence-electron chi connectivity index (χ1n) is 21.4. The van der Waals surface area contributed by atoms with Crippen LogP contribution in [0.2, 0.25) is 0 Å². The van der Waals surface area contributed by atoms with E-state index in [1.165, 1.54) is 25.3 Å². The average molecular weight is 1130 g/mol. The third kappa shape index (κ3) is 19.4. The Morgan fingerprint density at radius 1 is 0.532 bits per heavy atom. The number of aliphatic hydroxyl groups is 1. The number of carbonyl (C=O) groups excluding carboxylic acids is 3. The van der Waals surface area contributed by atoms with Crippen LogP contribution in [0.5, 0.6) is 69.0 Å². The molecule has 77 heavy (non-hydrogen) atoms. The molecule has 0 saturated heterocycles. The summed E-state index contributed by atoms with van der Waals surface area (Å²) in [6.45, 7) is -0.181. The van der Waals surface area contributed by atoms with Crippen LogP contribution in [0.1, 0.15) is 112 Å². The SMILES string of the molecule is C.C.C.COc1ccc(C2CC(=O)c3c(OC)cc(OC)cc3O2)cc1.COc1ccc([C@@H]2CC(O)c3c(OC)cc(OC)cc3O2)cc1.O=C1CC(c2ccc(O)cc2)Oc2cc(O)cc(O)c21.O=CO[O-].[B].[H-].[H-].[K+].[K+].[Na+]. The second kappa shape index (κ2) is 36.3. The smallest absolute Gasteiger partial charge is 1.00 e. The van der Waals surface area contributed by atoms with Gasteiger partial charge in [-0.05, 0) is 53.1 Å². The van der Waals surface area contributed by atoms with E-state index in [4.69, 9.17) is 52.7 Å². The second-order valence-electron chi connectivity index (χ2n) is 15.4. The van der Waals surface area contributed by atoms with Crippen molar-refractivity contribution in [3.63, 3.8) is 0 Å². The van der Waals surface area contributed by atoms with Gasteiger partial charge in [-0.25, -0.2) is 0 Å². The van der Waals surface area contributed by atoms with Gasteiger partial charge in [-0.2, -0.15) is 0 Å². The van der Waals surface area contributed by atoms with E-state index in [0.29, 0.717) is 52.0 Å². The van der Waals surface area contributed by atoms with Crippen LogP contribution in [0.25, 0.3) is 0 Å². The topological polar surface area (TPSA) is 247 Å². The number of hydrogen-bond acceptors (Lipinski definition) is 18. The number of aromatic hydroxyl groups is 3. The molecule has 0 fully saturated rings. The fourth-order valence-corrected chi connectivity index (χ4v) is 7.82. The van der Waals surface area contributed by atoms with Crippen LogP contribution < -0.4 is 180 Å². The zero-order valence-electron chi connectivity index (χ0n) is 44.5. The minimum Gasteiger partial charge on any atom is -1.00 e. The van der Waals surface area contributed by atoms with Crippen LogP contribution in [0.3, 0.4) is 0 Å². The van der Waals surface area contributed by atoms with Crippen molar-refractivity contribution in [2.45, 2.75) is 66.0 Å². The molecular formula is C55H65BK2NaO18. The predicted molar refractivity (Wildman–Crippen MR) is 276 cm³/mol. The van der Waals surface area contributed by atoms with Crippen LogP contribution in [0, 0.1) is 0 Å². The molecule has 0 spiro atoms. The molecule has 0 aliphatic carbocycles. The molecule has 0 aromatic heterocycles. The Morgan fingerprint density at radius 2 is 0.922 bits per heavy atom. The summed E-state index contributed by atoms with van der Waals surface area (Å²) in [5.74, 6) is 4.46. The van der Waals surface area contributed by atoms with Crippen molar-refractivity contribution in [2.24, 2.45) is 0 Å². The number of ether oxygens (including phenoxy) is 9. The number of benzene rings is 6. The number of ketones is 2. The summed E-state index contributed by atoms with van der Waals surface area (Å²) in [4.78, 5) is 35.9. The van der Waals surface area contributed by atoms with E-state index < -0.39 is 12.2 Å². The Balaban J connectivity index is -0.000000490. The Labute approximate surface area is 562 Å². The summed E-state index contributed by atoms with van der Waals surface area (Å²) in [7, 11) is 9.48. The van der Waals surface area contributed by atoms with Gasteiger partial charge in [0.15, 0.2) is 11.6 Å². The van der Waals surface area contributed by atoms with E-state index in [0.717, 1.165) is 34.3 Å². The average Bonchev–Trinajstić information content (AvgIpc) is 3.38. The van der Waals surface area contributed by atoms with Gasteiger partial charge < -0.3 is 76.1 Å². The molecule has 6 aromatic rings. The van der Waals surface area contributed by atoms with Crippen molar-refractivity contribution in [1.29, 1.82) is 0 Å². The fourth-order valence-electron chi connectivity index (χ4n) is 7.82. The third-order valence-corrected chi connectivity index (χ3v) is 11.3. The Bertz CT molecular complexity index is 2780. The van der Waals surface area contributed by atoms with Crippen LogP contribution in [-0.2, 0) is 9.68 Å². The maximum absolute atomic E-state index is 12.5. The number of aliphatic hydroxyl groups excluding tert-OH is 1. The number of rotatable bonds is 10. The largest absolute Gasteiger partial charge is 1.00 e. The van der Waals surface area contributed by atoms with E-state index in [9.17, 15) is 30.0 Å². The van der Waals surface area contributed by atoms with E-state index in [1.54, 1.807) is 71.9 Å². The van der Waals surface area contributed by atoms with E-state index >= 15 is 0 Å². The molecule has 3 unspecified atom stereocenters. The maximum atomic E-state index is 12.5. The molecule has 3 aliphatic heterocycles. The molecule has 399 valence electrons. The summed E-state index contributed by atoms with van der Waals surface area (Å²) in [6, 6.07) is 30.9. The molecule has 3 radical (unpaired) electrons. The normalized spacial score (nSPS) is 15.5. The number of methoxy groups -OCH3 is 6. The minimum atomic E-state index is -0.660. The number of phenols is 3. The Morgan fingerprint density at radius 3 is 1.36 bits per heavy atom. The zero-order chi connectivity index (χ0) is 50.5. The van der Waals surface area contributed by atoms with Gasteiger partial charge in [-0.1, -0.05) is 58.7 Å². The molecule has 18 nitrogen and oxygen atoms in total. The summed E-state index contributed by atoms with van der Waals surface area (Å²) >= 11 is 0. The first-order chi connectivity index (χ1) is 33.8. The molecule has 9 rings (SSSR count). The second-order valence-corrected chi connectivity index (χ2v) is 15.4. The Kier molecular flexibility index (Phi) is 35.4. The van der Waals surface area contributed by atoms with Crippen molar-refractivity contribution in [3.8, 4) is 69.0 Å². The molecule has 3 aliphatic rings. The van der Waals surface area contributed by atoms with Crippen LogP contribution in [0.15, 0.2) is 109 Å². The molecule has 0 amide bonds. The molecule has 22 heteroatoms. The van der Waals surface area contributed by atoms with E-state index in [1.807, 2.05) is 48.5 Å². The molecule has 4 atom stereocenters. The zero-order valence-corrected chi connectivity index (χ0v) is 50.7. The Hall–Kier alpha value is -4.01. The number of hydrogen-bond donors (Lipinski definition) is 4. The van der Waals surface area contributed by atoms with Crippen LogP contribution >= 0.6 is 0 Å². The molecule has 3 heterocycles. The molecule has 6 aromatic carbocycles. The molecule has 0 bridgehead atoms. The summed E-state index contributed by atoms with van der Waals surface area (Å²) in [6.07, 6.45) is -0.915. The van der Waals surface area contributed by atoms with Crippen molar-refractivity contribution >= 4 is 26.5 Å². The molecular weight excluding hydrogens is 1060 g/mol. The third-order valence-electron chi connectivity index (χ3n) is 11.3. The quantitative estimate of drug-likeness (QED) is 0.0628. The first-order valence-corrected chi connectivity index (χ1v) is 21.4. The number of Topliss-reactive ketones (excluding diaryl/α,β-unsaturated/α-hetero) is 2. The van der Waals surface area contributed by atoms with Gasteiger partial charge in [0.1, 0.15) is 98.4 Å². The van der Waals surface area contributed by atoms with Gasteiger partial charge in [0.25, 0.3) is 6.47 Å². The van der Waals surface area contributed by atoms with Gasteiger partial charge in [0.05, 0.1) is 67.2 Å². The van der Waals surface area contributed by atoms with Crippen LogP contribution in [-0.4, -0.2) is 89.5 Å². The van der Waals surface area contributed by atoms with E-state index in [2.05, 4.69) is 4.89 Å². The van der Waals surface area contributed by atoms with Gasteiger partial charge in [0.2, 0.25) is 0 Å². The van der Waals surface area contributed by atoms with Gasteiger partial charge in [0, 0.05) is 51.2 Å². The van der Waals surface area contributed by atoms with Crippen LogP contribution in [0.4, 0.5) is 0 Å². The number of carbonyl (C=O) groups is 3.